The van der Waals surface area contributed by atoms with E-state index >= 15 is 0 Å². The zero-order valence-electron chi connectivity index (χ0n) is 13.6. The van der Waals surface area contributed by atoms with E-state index in [2.05, 4.69) is 15.4 Å². The van der Waals surface area contributed by atoms with Crippen molar-refractivity contribution in [2.45, 2.75) is 13.0 Å². The van der Waals surface area contributed by atoms with Gasteiger partial charge in [0.25, 0.3) is 5.91 Å². The Morgan fingerprint density at radius 2 is 2.00 bits per heavy atom. The Morgan fingerprint density at radius 3 is 2.76 bits per heavy atom. The normalized spacial score (nSPS) is 12.2. The highest BCUT2D eigenvalue weighted by molar-refractivity contribution is 7.10. The lowest BCUT2D eigenvalue weighted by atomic mass is 10.1. The highest BCUT2D eigenvalue weighted by Gasteiger charge is 2.18. The number of carbonyl (C=O) groups is 1. The van der Waals surface area contributed by atoms with Crippen LogP contribution in [0.15, 0.2) is 66.3 Å². The van der Waals surface area contributed by atoms with E-state index in [9.17, 15) is 4.79 Å². The minimum atomic E-state index is -0.173. The molecule has 0 fully saturated rings. The van der Waals surface area contributed by atoms with E-state index in [1.807, 2.05) is 60.8 Å². The molecule has 0 aliphatic heterocycles. The van der Waals surface area contributed by atoms with Gasteiger partial charge in [0.1, 0.15) is 5.56 Å². The molecule has 0 saturated heterocycles. The summed E-state index contributed by atoms with van der Waals surface area (Å²) in [5.41, 5.74) is 2.95. The zero-order chi connectivity index (χ0) is 17.2. The van der Waals surface area contributed by atoms with E-state index in [1.165, 1.54) is 0 Å². The molecule has 1 atom stereocenters. The Labute approximate surface area is 149 Å². The minimum absolute atomic E-state index is 0.0558. The zero-order valence-corrected chi connectivity index (χ0v) is 14.4. The van der Waals surface area contributed by atoms with Gasteiger partial charge in [-0.2, -0.15) is 5.10 Å². The first kappa shape index (κ1) is 15.5. The summed E-state index contributed by atoms with van der Waals surface area (Å²) in [6.07, 6.45) is 3.28. The first-order chi connectivity index (χ1) is 12.2. The number of amides is 1. The predicted molar refractivity (Wildman–Crippen MR) is 98.6 cm³/mol. The van der Waals surface area contributed by atoms with E-state index < -0.39 is 0 Å². The van der Waals surface area contributed by atoms with Gasteiger partial charge >= 0.3 is 0 Å². The van der Waals surface area contributed by atoms with Crippen molar-refractivity contribution in [3.63, 3.8) is 0 Å². The fourth-order valence-corrected chi connectivity index (χ4v) is 3.50. The van der Waals surface area contributed by atoms with Crippen LogP contribution in [0.1, 0.15) is 28.2 Å². The van der Waals surface area contributed by atoms with E-state index in [-0.39, 0.29) is 11.9 Å². The molecule has 6 heteroatoms. The Morgan fingerprint density at radius 1 is 1.16 bits per heavy atom. The maximum atomic E-state index is 12.7. The number of aromatic nitrogens is 3. The number of nitrogens with zero attached hydrogens (tertiary/aromatic N) is 3. The molecule has 4 aromatic rings. The third-order valence-corrected chi connectivity index (χ3v) is 5.09. The standard InChI is InChI=1S/C19H16N4OS/c1-13(17-8-5-11-25-17)22-19(24)15-12-21-23-16(9-10-20-18(15)23)14-6-3-2-4-7-14/h2-13H,1H3,(H,22,24). The molecule has 1 unspecified atom stereocenters. The number of hydrogen-bond donors (Lipinski definition) is 1. The summed E-state index contributed by atoms with van der Waals surface area (Å²) in [5.74, 6) is -0.173. The maximum Gasteiger partial charge on any atom is 0.257 e. The lowest BCUT2D eigenvalue weighted by Gasteiger charge is -2.11. The van der Waals surface area contributed by atoms with Crippen LogP contribution in [0.3, 0.4) is 0 Å². The Bertz CT molecular complexity index is 1010. The van der Waals surface area contributed by atoms with Gasteiger partial charge in [0, 0.05) is 16.6 Å². The number of rotatable bonds is 4. The molecule has 1 N–H and O–H groups in total. The fraction of sp³-hybridized carbons (Fsp3) is 0.105. The van der Waals surface area contributed by atoms with Crippen molar-refractivity contribution in [1.29, 1.82) is 0 Å². The topological polar surface area (TPSA) is 59.3 Å². The number of hydrogen-bond acceptors (Lipinski definition) is 4. The van der Waals surface area contributed by atoms with E-state index in [4.69, 9.17) is 0 Å². The van der Waals surface area contributed by atoms with Crippen LogP contribution >= 0.6 is 11.3 Å². The van der Waals surface area contributed by atoms with E-state index in [0.717, 1.165) is 16.1 Å². The SMILES string of the molecule is CC(NC(=O)c1cnn2c(-c3ccccc3)ccnc12)c1cccs1. The number of thiophene rings is 1. The van der Waals surface area contributed by atoms with Crippen molar-refractivity contribution in [3.8, 4) is 11.3 Å². The van der Waals surface area contributed by atoms with Gasteiger partial charge in [-0.1, -0.05) is 36.4 Å². The molecule has 0 aliphatic carbocycles. The lowest BCUT2D eigenvalue weighted by molar-refractivity contribution is 0.0942. The molecule has 1 aromatic carbocycles. The van der Waals surface area contributed by atoms with Crippen molar-refractivity contribution in [2.75, 3.05) is 0 Å². The van der Waals surface area contributed by atoms with Crippen LogP contribution in [0.4, 0.5) is 0 Å². The predicted octanol–water partition coefficient (Wildman–Crippen LogP) is 3.95. The Hall–Kier alpha value is -2.99. The molecule has 0 aliphatic rings. The molecular formula is C19H16N4OS. The third kappa shape index (κ3) is 2.92. The van der Waals surface area contributed by atoms with Crippen LogP contribution in [0.5, 0.6) is 0 Å². The third-order valence-electron chi connectivity index (χ3n) is 4.03. The van der Waals surface area contributed by atoms with Gasteiger partial charge in [0.05, 0.1) is 17.9 Å². The molecule has 3 aromatic heterocycles. The van der Waals surface area contributed by atoms with Crippen molar-refractivity contribution in [1.82, 2.24) is 19.9 Å². The monoisotopic (exact) mass is 348 g/mol. The smallest absolute Gasteiger partial charge is 0.257 e. The average molecular weight is 348 g/mol. The Kier molecular flexibility index (Phi) is 4.03. The molecular weight excluding hydrogens is 332 g/mol. The van der Waals surface area contributed by atoms with Crippen molar-refractivity contribution < 1.29 is 4.79 Å². The summed E-state index contributed by atoms with van der Waals surface area (Å²) in [5, 5.41) is 9.40. The quantitative estimate of drug-likeness (QED) is 0.607. The lowest BCUT2D eigenvalue weighted by Crippen LogP contribution is -2.26. The average Bonchev–Trinajstić information content (AvgIpc) is 3.32. The van der Waals surface area contributed by atoms with Crippen molar-refractivity contribution in [3.05, 3.63) is 76.7 Å². The first-order valence-corrected chi connectivity index (χ1v) is 8.84. The maximum absolute atomic E-state index is 12.7. The second-order valence-corrected chi connectivity index (χ2v) is 6.68. The molecule has 124 valence electrons. The summed E-state index contributed by atoms with van der Waals surface area (Å²) >= 11 is 1.62. The van der Waals surface area contributed by atoms with Gasteiger partial charge in [0.2, 0.25) is 0 Å². The number of fused-ring (bicyclic) bond motifs is 1. The number of carbonyl (C=O) groups excluding carboxylic acids is 1. The highest BCUT2D eigenvalue weighted by Crippen LogP contribution is 2.22. The summed E-state index contributed by atoms with van der Waals surface area (Å²) in [4.78, 5) is 18.1. The van der Waals surface area contributed by atoms with Crippen LogP contribution in [0.25, 0.3) is 16.9 Å². The van der Waals surface area contributed by atoms with E-state index in [1.54, 1.807) is 28.2 Å². The summed E-state index contributed by atoms with van der Waals surface area (Å²) in [7, 11) is 0. The molecule has 1 amide bonds. The highest BCUT2D eigenvalue weighted by atomic mass is 32.1. The Balaban J connectivity index is 1.68. The molecule has 0 saturated carbocycles. The van der Waals surface area contributed by atoms with Crippen LogP contribution in [-0.4, -0.2) is 20.5 Å². The fourth-order valence-electron chi connectivity index (χ4n) is 2.76. The van der Waals surface area contributed by atoms with Crippen molar-refractivity contribution >= 4 is 22.9 Å². The van der Waals surface area contributed by atoms with Gasteiger partial charge in [-0.25, -0.2) is 9.50 Å². The van der Waals surface area contributed by atoms with E-state index in [0.29, 0.717) is 11.2 Å². The van der Waals surface area contributed by atoms with Crippen LogP contribution in [-0.2, 0) is 0 Å². The minimum Gasteiger partial charge on any atom is -0.345 e. The molecule has 4 rings (SSSR count). The summed E-state index contributed by atoms with van der Waals surface area (Å²) in [6, 6.07) is 15.8. The summed E-state index contributed by atoms with van der Waals surface area (Å²) in [6.45, 7) is 1.97. The van der Waals surface area contributed by atoms with Gasteiger partial charge < -0.3 is 5.32 Å². The molecule has 0 spiro atoms. The second-order valence-electron chi connectivity index (χ2n) is 5.70. The van der Waals surface area contributed by atoms with Gasteiger partial charge in [-0.3, -0.25) is 4.79 Å². The van der Waals surface area contributed by atoms with Crippen LogP contribution < -0.4 is 5.32 Å². The second kappa shape index (κ2) is 6.49. The summed E-state index contributed by atoms with van der Waals surface area (Å²) < 4.78 is 1.71. The molecule has 5 nitrogen and oxygen atoms in total. The number of nitrogens with one attached hydrogen (secondary N) is 1. The molecule has 0 radical (unpaired) electrons. The largest absolute Gasteiger partial charge is 0.345 e. The van der Waals surface area contributed by atoms with Crippen LogP contribution in [0.2, 0.25) is 0 Å². The van der Waals surface area contributed by atoms with Crippen molar-refractivity contribution in [2.24, 2.45) is 0 Å². The molecule has 25 heavy (non-hydrogen) atoms. The molecule has 0 bridgehead atoms. The first-order valence-electron chi connectivity index (χ1n) is 7.96. The van der Waals surface area contributed by atoms with Gasteiger partial charge in [0.15, 0.2) is 5.65 Å². The van der Waals surface area contributed by atoms with Crippen LogP contribution in [0, 0.1) is 0 Å². The number of benzene rings is 1. The van der Waals surface area contributed by atoms with Gasteiger partial charge in [-0.15, -0.1) is 11.3 Å². The van der Waals surface area contributed by atoms with Gasteiger partial charge in [-0.05, 0) is 24.4 Å². The molecule has 3 heterocycles.